The molecule has 0 unspecified atom stereocenters. The molecule has 0 aromatic heterocycles. The van der Waals surface area contributed by atoms with Crippen molar-refractivity contribution in [1.82, 2.24) is 0 Å². The highest BCUT2D eigenvalue weighted by molar-refractivity contribution is 6.10. The van der Waals surface area contributed by atoms with Gasteiger partial charge in [-0.15, -0.1) is 0 Å². The van der Waals surface area contributed by atoms with Crippen LogP contribution in [0.3, 0.4) is 0 Å². The van der Waals surface area contributed by atoms with E-state index in [2.05, 4.69) is 13.8 Å². The highest BCUT2D eigenvalue weighted by Gasteiger charge is 2.14. The standard InChI is InChI=1S/C15H20O2/c1-3-5-9-12(8-4-2)15(17)13-10-6-7-11-14(13)16/h6-7,9-11,16H,3-5,8H2,1-2H3/b12-9+. The molecule has 92 valence electrons. The third kappa shape index (κ3) is 3.74. The molecule has 1 rings (SSSR count). The minimum Gasteiger partial charge on any atom is -0.507 e. The molecule has 0 fully saturated rings. The second-order valence-corrected chi connectivity index (χ2v) is 4.11. The van der Waals surface area contributed by atoms with Crippen LogP contribution in [0.4, 0.5) is 0 Å². The third-order valence-electron chi connectivity index (χ3n) is 2.64. The van der Waals surface area contributed by atoms with Gasteiger partial charge in [-0.25, -0.2) is 0 Å². The number of carbonyl (C=O) groups excluding carboxylic acids is 1. The van der Waals surface area contributed by atoms with E-state index in [4.69, 9.17) is 0 Å². The summed E-state index contributed by atoms with van der Waals surface area (Å²) in [4.78, 5) is 12.2. The second kappa shape index (κ2) is 6.89. The van der Waals surface area contributed by atoms with Gasteiger partial charge in [0.25, 0.3) is 0 Å². The average molecular weight is 232 g/mol. The van der Waals surface area contributed by atoms with Crippen LogP contribution in [0.1, 0.15) is 49.9 Å². The molecule has 2 nitrogen and oxygen atoms in total. The minimum atomic E-state index is -0.0431. The molecule has 0 bridgehead atoms. The van der Waals surface area contributed by atoms with Crippen LogP contribution in [-0.2, 0) is 0 Å². The summed E-state index contributed by atoms with van der Waals surface area (Å²) in [7, 11) is 0. The van der Waals surface area contributed by atoms with Gasteiger partial charge in [0.2, 0.25) is 0 Å². The molecule has 0 saturated heterocycles. The van der Waals surface area contributed by atoms with E-state index in [0.29, 0.717) is 5.56 Å². The summed E-state index contributed by atoms with van der Waals surface area (Å²) in [6.45, 7) is 4.14. The van der Waals surface area contributed by atoms with Gasteiger partial charge in [-0.3, -0.25) is 4.79 Å². The van der Waals surface area contributed by atoms with Crippen LogP contribution < -0.4 is 0 Å². The highest BCUT2D eigenvalue weighted by Crippen LogP contribution is 2.22. The molecule has 0 aliphatic carbocycles. The number of benzene rings is 1. The topological polar surface area (TPSA) is 37.3 Å². The molecule has 1 aromatic rings. The number of allylic oxidation sites excluding steroid dienone is 2. The Hall–Kier alpha value is -1.57. The van der Waals surface area contributed by atoms with Gasteiger partial charge in [0.05, 0.1) is 5.56 Å². The molecule has 0 saturated carbocycles. The Labute approximate surface area is 103 Å². The zero-order chi connectivity index (χ0) is 12.7. The van der Waals surface area contributed by atoms with Crippen molar-refractivity contribution in [3.63, 3.8) is 0 Å². The lowest BCUT2D eigenvalue weighted by molar-refractivity contribution is 0.102. The molecule has 0 aliphatic heterocycles. The molecular weight excluding hydrogens is 212 g/mol. The number of carbonyl (C=O) groups is 1. The zero-order valence-corrected chi connectivity index (χ0v) is 10.6. The van der Waals surface area contributed by atoms with Gasteiger partial charge in [0, 0.05) is 0 Å². The zero-order valence-electron chi connectivity index (χ0n) is 10.6. The normalized spacial score (nSPS) is 11.5. The smallest absolute Gasteiger partial charge is 0.192 e. The van der Waals surface area contributed by atoms with Crippen LogP contribution >= 0.6 is 0 Å². The first-order valence-corrected chi connectivity index (χ1v) is 6.22. The Kier molecular flexibility index (Phi) is 5.47. The molecular formula is C15H20O2. The predicted octanol–water partition coefficient (Wildman–Crippen LogP) is 4.10. The van der Waals surface area contributed by atoms with Crippen LogP contribution in [0, 0.1) is 0 Å². The summed E-state index contributed by atoms with van der Waals surface area (Å²) >= 11 is 0. The number of para-hydroxylation sites is 1. The van der Waals surface area contributed by atoms with Crippen molar-refractivity contribution in [1.29, 1.82) is 0 Å². The number of rotatable bonds is 6. The molecule has 0 heterocycles. The molecule has 0 amide bonds. The summed E-state index contributed by atoms with van der Waals surface area (Å²) in [5, 5.41) is 9.68. The number of Topliss-reactive ketones (excluding diaryl/α,β-unsaturated/α-hetero) is 1. The molecule has 0 atom stereocenters. The fraction of sp³-hybridized carbons (Fsp3) is 0.400. The van der Waals surface area contributed by atoms with Crippen LogP contribution in [0.25, 0.3) is 0 Å². The highest BCUT2D eigenvalue weighted by atomic mass is 16.3. The van der Waals surface area contributed by atoms with Gasteiger partial charge in [-0.1, -0.05) is 44.9 Å². The van der Waals surface area contributed by atoms with Gasteiger partial charge in [-0.05, 0) is 30.5 Å². The van der Waals surface area contributed by atoms with E-state index < -0.39 is 0 Å². The minimum absolute atomic E-state index is 0.0431. The first-order chi connectivity index (χ1) is 8.20. The summed E-state index contributed by atoms with van der Waals surface area (Å²) in [6, 6.07) is 6.72. The van der Waals surface area contributed by atoms with Crippen LogP contribution in [0.15, 0.2) is 35.9 Å². The van der Waals surface area contributed by atoms with Crippen molar-refractivity contribution in [2.75, 3.05) is 0 Å². The van der Waals surface area contributed by atoms with Crippen molar-refractivity contribution >= 4 is 5.78 Å². The summed E-state index contributed by atoms with van der Waals surface area (Å²) < 4.78 is 0. The Balaban J connectivity index is 2.96. The van der Waals surface area contributed by atoms with Crippen molar-refractivity contribution < 1.29 is 9.90 Å². The van der Waals surface area contributed by atoms with Crippen LogP contribution in [0.5, 0.6) is 5.75 Å². The van der Waals surface area contributed by atoms with Crippen molar-refractivity contribution in [3.8, 4) is 5.75 Å². The van der Waals surface area contributed by atoms with Crippen molar-refractivity contribution in [2.45, 2.75) is 39.5 Å². The molecule has 0 radical (unpaired) electrons. The maximum Gasteiger partial charge on any atom is 0.192 e. The first kappa shape index (κ1) is 13.5. The second-order valence-electron chi connectivity index (χ2n) is 4.11. The van der Waals surface area contributed by atoms with E-state index in [9.17, 15) is 9.90 Å². The van der Waals surface area contributed by atoms with E-state index >= 15 is 0 Å². The number of unbranched alkanes of at least 4 members (excludes halogenated alkanes) is 1. The maximum absolute atomic E-state index is 12.2. The quantitative estimate of drug-likeness (QED) is 0.592. The van der Waals surface area contributed by atoms with E-state index in [1.165, 1.54) is 0 Å². The number of hydrogen-bond acceptors (Lipinski definition) is 2. The molecule has 0 aliphatic rings. The van der Waals surface area contributed by atoms with Gasteiger partial charge in [-0.2, -0.15) is 0 Å². The van der Waals surface area contributed by atoms with Crippen molar-refractivity contribution in [2.24, 2.45) is 0 Å². The first-order valence-electron chi connectivity index (χ1n) is 6.22. The number of hydrogen-bond donors (Lipinski definition) is 1. The largest absolute Gasteiger partial charge is 0.507 e. The van der Waals surface area contributed by atoms with Gasteiger partial charge in [0.1, 0.15) is 5.75 Å². The third-order valence-corrected chi connectivity index (χ3v) is 2.64. The molecule has 17 heavy (non-hydrogen) atoms. The lowest BCUT2D eigenvalue weighted by Gasteiger charge is -2.07. The predicted molar refractivity (Wildman–Crippen MR) is 70.3 cm³/mol. The number of phenols is 1. The fourth-order valence-corrected chi connectivity index (χ4v) is 1.73. The van der Waals surface area contributed by atoms with E-state index in [1.54, 1.807) is 24.3 Å². The van der Waals surface area contributed by atoms with E-state index in [-0.39, 0.29) is 11.5 Å². The summed E-state index contributed by atoms with van der Waals surface area (Å²) in [5.41, 5.74) is 1.22. The van der Waals surface area contributed by atoms with E-state index in [1.807, 2.05) is 6.08 Å². The maximum atomic E-state index is 12.2. The summed E-state index contributed by atoms with van der Waals surface area (Å²) in [6.07, 6.45) is 5.65. The van der Waals surface area contributed by atoms with Crippen LogP contribution in [0.2, 0.25) is 0 Å². The number of phenolic OH excluding ortho intramolecular Hbond substituents is 1. The monoisotopic (exact) mass is 232 g/mol. The lowest BCUT2D eigenvalue weighted by Crippen LogP contribution is -2.04. The van der Waals surface area contributed by atoms with Gasteiger partial charge >= 0.3 is 0 Å². The molecule has 0 spiro atoms. The van der Waals surface area contributed by atoms with Crippen LogP contribution in [-0.4, -0.2) is 10.9 Å². The average Bonchev–Trinajstić information content (AvgIpc) is 2.34. The van der Waals surface area contributed by atoms with Gasteiger partial charge < -0.3 is 5.11 Å². The fourth-order valence-electron chi connectivity index (χ4n) is 1.73. The Bertz CT molecular complexity index is 405. The number of ketones is 1. The molecule has 2 heteroatoms. The number of aromatic hydroxyl groups is 1. The Morgan fingerprint density at radius 2 is 1.94 bits per heavy atom. The molecule has 1 N–H and O–H groups in total. The molecule has 1 aromatic carbocycles. The van der Waals surface area contributed by atoms with Crippen molar-refractivity contribution in [3.05, 3.63) is 41.5 Å². The Morgan fingerprint density at radius 1 is 1.24 bits per heavy atom. The SMILES string of the molecule is CCC/C=C(\CCC)C(=O)c1ccccc1O. The lowest BCUT2D eigenvalue weighted by atomic mass is 9.98. The van der Waals surface area contributed by atoms with E-state index in [0.717, 1.165) is 31.3 Å². The van der Waals surface area contributed by atoms with Gasteiger partial charge in [0.15, 0.2) is 5.78 Å². The summed E-state index contributed by atoms with van der Waals surface area (Å²) in [5.74, 6) is 0.0226. The Morgan fingerprint density at radius 3 is 2.53 bits per heavy atom.